The Morgan fingerprint density at radius 3 is 2.20 bits per heavy atom. The number of benzene rings is 2. The third kappa shape index (κ3) is 4.62. The van der Waals surface area contributed by atoms with Crippen molar-refractivity contribution in [1.82, 2.24) is 10.9 Å². The van der Waals surface area contributed by atoms with Crippen LogP contribution in [0, 0.1) is 0 Å². The number of nitrogens with one attached hydrogen (secondary N) is 2. The van der Waals surface area contributed by atoms with E-state index in [1.165, 1.54) is 11.3 Å². The van der Waals surface area contributed by atoms with Crippen LogP contribution in [0.4, 0.5) is 0 Å². The zero-order valence-corrected chi connectivity index (χ0v) is 14.3. The highest BCUT2D eigenvalue weighted by Crippen LogP contribution is 2.20. The van der Waals surface area contributed by atoms with Crippen LogP contribution in [0.25, 0.3) is 0 Å². The van der Waals surface area contributed by atoms with Crippen LogP contribution in [0.3, 0.4) is 0 Å². The van der Waals surface area contributed by atoms with Gasteiger partial charge < -0.3 is 0 Å². The topological polar surface area (TPSA) is 58.2 Å². The number of ketones is 1. The fraction of sp³-hybridized carbons (Fsp3) is 0.100. The van der Waals surface area contributed by atoms with Gasteiger partial charge >= 0.3 is 0 Å². The lowest BCUT2D eigenvalue weighted by atomic mass is 10.0. The van der Waals surface area contributed by atoms with E-state index < -0.39 is 0 Å². The third-order valence-electron chi connectivity index (χ3n) is 3.78. The van der Waals surface area contributed by atoms with E-state index in [4.69, 9.17) is 0 Å². The van der Waals surface area contributed by atoms with Crippen molar-refractivity contribution in [2.24, 2.45) is 0 Å². The first-order chi connectivity index (χ1) is 12.2. The van der Waals surface area contributed by atoms with E-state index >= 15 is 0 Å². The molecule has 2 N–H and O–H groups in total. The molecule has 0 fully saturated rings. The molecule has 0 aliphatic heterocycles. The van der Waals surface area contributed by atoms with Gasteiger partial charge in [0.05, 0.1) is 10.9 Å². The van der Waals surface area contributed by atoms with E-state index in [-0.39, 0.29) is 24.2 Å². The highest BCUT2D eigenvalue weighted by molar-refractivity contribution is 7.12. The summed E-state index contributed by atoms with van der Waals surface area (Å²) in [6, 6.07) is 22.0. The second kappa shape index (κ2) is 8.37. The second-order valence-corrected chi connectivity index (χ2v) is 6.48. The summed E-state index contributed by atoms with van der Waals surface area (Å²) >= 11 is 1.42. The first kappa shape index (κ1) is 17.1. The molecule has 126 valence electrons. The SMILES string of the molecule is O=C(NNC(CC(=O)c1cccs1)c1ccccc1)c1ccccc1. The average molecular weight is 350 g/mol. The normalized spacial score (nSPS) is 11.7. The average Bonchev–Trinajstić information content (AvgIpc) is 3.21. The quantitative estimate of drug-likeness (QED) is 0.500. The first-order valence-electron chi connectivity index (χ1n) is 7.96. The Labute approximate surface area is 150 Å². The molecule has 1 aromatic heterocycles. The number of rotatable bonds is 7. The second-order valence-electron chi connectivity index (χ2n) is 5.53. The summed E-state index contributed by atoms with van der Waals surface area (Å²) in [4.78, 5) is 25.4. The van der Waals surface area contributed by atoms with Crippen LogP contribution in [0.5, 0.6) is 0 Å². The molecule has 0 spiro atoms. The van der Waals surface area contributed by atoms with Crippen molar-refractivity contribution in [3.8, 4) is 0 Å². The van der Waals surface area contributed by atoms with Crippen molar-refractivity contribution < 1.29 is 9.59 Å². The Morgan fingerprint density at radius 2 is 1.56 bits per heavy atom. The number of hydrazine groups is 1. The lowest BCUT2D eigenvalue weighted by Crippen LogP contribution is -2.40. The molecule has 3 rings (SSSR count). The van der Waals surface area contributed by atoms with Gasteiger partial charge in [-0.3, -0.25) is 15.0 Å². The van der Waals surface area contributed by atoms with Crippen molar-refractivity contribution >= 4 is 23.0 Å². The molecule has 5 heteroatoms. The Balaban J connectivity index is 1.71. The molecule has 0 saturated carbocycles. The minimum absolute atomic E-state index is 0.0466. The van der Waals surface area contributed by atoms with E-state index in [1.807, 2.05) is 66.0 Å². The Bertz CT molecular complexity index is 817. The van der Waals surface area contributed by atoms with Crippen molar-refractivity contribution in [2.45, 2.75) is 12.5 Å². The number of carbonyl (C=O) groups excluding carboxylic acids is 2. The van der Waals surface area contributed by atoms with Crippen LogP contribution >= 0.6 is 11.3 Å². The molecular weight excluding hydrogens is 332 g/mol. The van der Waals surface area contributed by atoms with Crippen LogP contribution in [0.15, 0.2) is 78.2 Å². The number of hydrogen-bond donors (Lipinski definition) is 2. The van der Waals surface area contributed by atoms with E-state index in [0.29, 0.717) is 5.56 Å². The zero-order chi connectivity index (χ0) is 17.5. The molecular formula is C20H18N2O2S. The first-order valence-corrected chi connectivity index (χ1v) is 8.84. The van der Waals surface area contributed by atoms with Gasteiger partial charge in [0.15, 0.2) is 5.78 Å². The Morgan fingerprint density at radius 1 is 0.880 bits per heavy atom. The summed E-state index contributed by atoms with van der Waals surface area (Å²) in [7, 11) is 0. The molecule has 0 aliphatic rings. The molecule has 0 saturated heterocycles. The Hall–Kier alpha value is -2.76. The van der Waals surface area contributed by atoms with Crippen molar-refractivity contribution in [1.29, 1.82) is 0 Å². The van der Waals surface area contributed by atoms with E-state index in [0.717, 1.165) is 10.4 Å². The fourth-order valence-corrected chi connectivity index (χ4v) is 3.15. The zero-order valence-electron chi connectivity index (χ0n) is 13.5. The molecule has 1 atom stereocenters. The third-order valence-corrected chi connectivity index (χ3v) is 4.69. The molecule has 1 unspecified atom stereocenters. The van der Waals surface area contributed by atoms with Crippen LogP contribution in [0.1, 0.15) is 38.1 Å². The van der Waals surface area contributed by atoms with Gasteiger partial charge in [0.25, 0.3) is 5.91 Å². The molecule has 25 heavy (non-hydrogen) atoms. The molecule has 3 aromatic rings. The number of amides is 1. The standard InChI is InChI=1S/C20H18N2O2S/c23-18(19-12-7-13-25-19)14-17(15-8-3-1-4-9-15)21-22-20(24)16-10-5-2-6-11-16/h1-13,17,21H,14H2,(H,22,24). The maximum Gasteiger partial charge on any atom is 0.265 e. The Kier molecular flexibility index (Phi) is 5.72. The predicted octanol–water partition coefficient (Wildman–Crippen LogP) is 4.00. The van der Waals surface area contributed by atoms with Gasteiger partial charge in [0.2, 0.25) is 0 Å². The smallest absolute Gasteiger partial charge is 0.265 e. The van der Waals surface area contributed by atoms with Crippen LogP contribution in [-0.4, -0.2) is 11.7 Å². The molecule has 2 aromatic carbocycles. The number of hydrogen-bond acceptors (Lipinski definition) is 4. The number of Topliss-reactive ketones (excluding diaryl/α,β-unsaturated/α-hetero) is 1. The maximum absolute atomic E-state index is 12.5. The summed E-state index contributed by atoms with van der Waals surface area (Å²) in [5.41, 5.74) is 7.23. The lowest BCUT2D eigenvalue weighted by molar-refractivity contribution is 0.0901. The highest BCUT2D eigenvalue weighted by atomic mass is 32.1. The summed E-state index contributed by atoms with van der Waals surface area (Å²) in [6.45, 7) is 0. The molecule has 0 radical (unpaired) electrons. The van der Waals surface area contributed by atoms with Gasteiger partial charge in [-0.15, -0.1) is 11.3 Å². The van der Waals surface area contributed by atoms with E-state index in [1.54, 1.807) is 12.1 Å². The van der Waals surface area contributed by atoms with E-state index in [9.17, 15) is 9.59 Å². The molecule has 4 nitrogen and oxygen atoms in total. The molecule has 0 bridgehead atoms. The van der Waals surface area contributed by atoms with Gasteiger partial charge in [-0.2, -0.15) is 0 Å². The van der Waals surface area contributed by atoms with Crippen molar-refractivity contribution in [3.05, 3.63) is 94.2 Å². The van der Waals surface area contributed by atoms with Crippen LogP contribution in [0.2, 0.25) is 0 Å². The fourth-order valence-electron chi connectivity index (χ4n) is 2.48. The summed E-state index contributed by atoms with van der Waals surface area (Å²) in [5.74, 6) is -0.185. The monoisotopic (exact) mass is 350 g/mol. The lowest BCUT2D eigenvalue weighted by Gasteiger charge is -2.19. The van der Waals surface area contributed by atoms with Crippen LogP contribution in [-0.2, 0) is 0 Å². The number of thiophene rings is 1. The molecule has 1 heterocycles. The summed E-state index contributed by atoms with van der Waals surface area (Å²) in [6.07, 6.45) is 0.263. The summed E-state index contributed by atoms with van der Waals surface area (Å²) in [5, 5.41) is 1.88. The highest BCUT2D eigenvalue weighted by Gasteiger charge is 2.18. The summed E-state index contributed by atoms with van der Waals surface area (Å²) < 4.78 is 0. The number of carbonyl (C=O) groups is 2. The maximum atomic E-state index is 12.5. The van der Waals surface area contributed by atoms with Gasteiger partial charge in [-0.25, -0.2) is 5.43 Å². The molecule has 1 amide bonds. The van der Waals surface area contributed by atoms with E-state index in [2.05, 4.69) is 10.9 Å². The van der Waals surface area contributed by atoms with Crippen LogP contribution < -0.4 is 10.9 Å². The van der Waals surface area contributed by atoms with Gasteiger partial charge in [-0.05, 0) is 29.1 Å². The minimum Gasteiger partial charge on any atom is -0.293 e. The van der Waals surface area contributed by atoms with Gasteiger partial charge in [0, 0.05) is 12.0 Å². The van der Waals surface area contributed by atoms with Crippen molar-refractivity contribution in [2.75, 3.05) is 0 Å². The van der Waals surface area contributed by atoms with Crippen molar-refractivity contribution in [3.63, 3.8) is 0 Å². The van der Waals surface area contributed by atoms with Gasteiger partial charge in [0.1, 0.15) is 0 Å². The molecule has 0 aliphatic carbocycles. The van der Waals surface area contributed by atoms with Gasteiger partial charge in [-0.1, -0.05) is 54.6 Å². The predicted molar refractivity (Wildman–Crippen MR) is 99.5 cm³/mol. The largest absolute Gasteiger partial charge is 0.293 e. The minimum atomic E-state index is -0.302.